The zero-order valence-corrected chi connectivity index (χ0v) is 15.6. The van der Waals surface area contributed by atoms with E-state index < -0.39 is 0 Å². The van der Waals surface area contributed by atoms with E-state index in [9.17, 15) is 0 Å². The highest BCUT2D eigenvalue weighted by atomic mass is 35.5. The van der Waals surface area contributed by atoms with Crippen LogP contribution in [0, 0.1) is 11.3 Å². The highest BCUT2D eigenvalue weighted by Crippen LogP contribution is 2.27. The molecule has 0 aliphatic rings. The molecule has 4 aromatic rings. The minimum absolute atomic E-state index is 0.387. The van der Waals surface area contributed by atoms with Crippen molar-refractivity contribution in [3.8, 4) is 28.9 Å². The molecule has 0 bridgehead atoms. The van der Waals surface area contributed by atoms with Crippen LogP contribution in [0.25, 0.3) is 17.1 Å². The van der Waals surface area contributed by atoms with Gasteiger partial charge in [0.05, 0.1) is 42.7 Å². The normalized spacial score (nSPS) is 10.6. The summed E-state index contributed by atoms with van der Waals surface area (Å²) >= 11 is 6.49. The predicted octanol–water partition coefficient (Wildman–Crippen LogP) is 3.11. The van der Waals surface area contributed by atoms with E-state index >= 15 is 0 Å². The number of ether oxygens (including phenoxy) is 1. The van der Waals surface area contributed by atoms with Crippen molar-refractivity contribution >= 4 is 11.6 Å². The lowest BCUT2D eigenvalue weighted by Gasteiger charge is -2.04. The van der Waals surface area contributed by atoms with Gasteiger partial charge in [0.25, 0.3) is 0 Å². The second kappa shape index (κ2) is 7.50. The van der Waals surface area contributed by atoms with Gasteiger partial charge in [0.1, 0.15) is 10.9 Å². The number of hydrogen-bond acceptors (Lipinski definition) is 6. The van der Waals surface area contributed by atoms with Gasteiger partial charge in [-0.05, 0) is 47.2 Å². The van der Waals surface area contributed by atoms with Crippen molar-refractivity contribution in [1.82, 2.24) is 30.0 Å². The van der Waals surface area contributed by atoms with E-state index in [1.807, 2.05) is 36.4 Å². The Balaban J connectivity index is 1.56. The molecular weight excluding hydrogens is 378 g/mol. The van der Waals surface area contributed by atoms with Crippen LogP contribution >= 0.6 is 11.6 Å². The minimum atomic E-state index is 0.387. The molecule has 0 N–H and O–H groups in total. The number of tetrazole rings is 1. The molecule has 0 amide bonds. The largest absolute Gasteiger partial charge is 0.497 e. The van der Waals surface area contributed by atoms with Crippen LogP contribution in [0.1, 0.15) is 11.1 Å². The molecule has 0 unspecified atom stereocenters. The molecular formula is C19H14ClN7O. The van der Waals surface area contributed by atoms with Crippen molar-refractivity contribution in [3.63, 3.8) is 0 Å². The fourth-order valence-electron chi connectivity index (χ4n) is 2.65. The number of nitrogens with zero attached hydrogens (tertiary/aromatic N) is 7. The van der Waals surface area contributed by atoms with Crippen LogP contribution in [-0.4, -0.2) is 37.1 Å². The summed E-state index contributed by atoms with van der Waals surface area (Å²) in [5.41, 5.74) is 2.95. The quantitative estimate of drug-likeness (QED) is 0.518. The maximum atomic E-state index is 8.87. The number of methoxy groups -OCH3 is 1. The lowest BCUT2D eigenvalue weighted by Crippen LogP contribution is -2.04. The maximum Gasteiger partial charge on any atom is 0.209 e. The SMILES string of the molecule is COc1ccc(-n2ncc(-c3nnn(Cc4ccc(C#N)cc4)n3)c2Cl)cc1. The van der Waals surface area contributed by atoms with E-state index in [0.717, 1.165) is 17.0 Å². The van der Waals surface area contributed by atoms with Crippen molar-refractivity contribution in [2.75, 3.05) is 7.11 Å². The van der Waals surface area contributed by atoms with Gasteiger partial charge in [-0.1, -0.05) is 23.7 Å². The van der Waals surface area contributed by atoms with Gasteiger partial charge in [0, 0.05) is 0 Å². The van der Waals surface area contributed by atoms with E-state index in [4.69, 9.17) is 21.6 Å². The zero-order valence-electron chi connectivity index (χ0n) is 14.8. The van der Waals surface area contributed by atoms with Crippen LogP contribution in [-0.2, 0) is 6.54 Å². The molecule has 2 aromatic carbocycles. The molecule has 0 saturated carbocycles. The van der Waals surface area contributed by atoms with Crippen LogP contribution < -0.4 is 4.74 Å². The van der Waals surface area contributed by atoms with E-state index in [-0.39, 0.29) is 0 Å². The Hall–Kier alpha value is -3.70. The molecule has 0 spiro atoms. The minimum Gasteiger partial charge on any atom is -0.497 e. The Morgan fingerprint density at radius 1 is 1.11 bits per heavy atom. The molecule has 0 aliphatic heterocycles. The third-order valence-electron chi connectivity index (χ3n) is 4.13. The highest BCUT2D eigenvalue weighted by molar-refractivity contribution is 6.32. The summed E-state index contributed by atoms with van der Waals surface area (Å²) in [6.07, 6.45) is 1.61. The molecule has 2 heterocycles. The Morgan fingerprint density at radius 2 is 1.86 bits per heavy atom. The lowest BCUT2D eigenvalue weighted by atomic mass is 10.1. The lowest BCUT2D eigenvalue weighted by molar-refractivity contribution is 0.414. The maximum absolute atomic E-state index is 8.87. The van der Waals surface area contributed by atoms with E-state index in [1.54, 1.807) is 30.1 Å². The molecule has 138 valence electrons. The summed E-state index contributed by atoms with van der Waals surface area (Å²) in [4.78, 5) is 1.47. The van der Waals surface area contributed by atoms with Crippen molar-refractivity contribution in [1.29, 1.82) is 5.26 Å². The van der Waals surface area contributed by atoms with Crippen molar-refractivity contribution < 1.29 is 4.74 Å². The smallest absolute Gasteiger partial charge is 0.209 e. The second-order valence-corrected chi connectivity index (χ2v) is 6.27. The fraction of sp³-hybridized carbons (Fsp3) is 0.105. The van der Waals surface area contributed by atoms with E-state index in [0.29, 0.717) is 28.6 Å². The number of nitriles is 1. The monoisotopic (exact) mass is 391 g/mol. The Labute approximate surface area is 165 Å². The predicted molar refractivity (Wildman–Crippen MR) is 102 cm³/mol. The van der Waals surface area contributed by atoms with Gasteiger partial charge in [-0.3, -0.25) is 0 Å². The van der Waals surface area contributed by atoms with Crippen molar-refractivity contribution in [3.05, 3.63) is 71.0 Å². The first-order valence-electron chi connectivity index (χ1n) is 8.33. The summed E-state index contributed by atoms with van der Waals surface area (Å²) in [6.45, 7) is 0.433. The molecule has 0 radical (unpaired) electrons. The zero-order chi connectivity index (χ0) is 19.5. The third-order valence-corrected chi connectivity index (χ3v) is 4.49. The fourth-order valence-corrected chi connectivity index (χ4v) is 2.93. The van der Waals surface area contributed by atoms with Gasteiger partial charge >= 0.3 is 0 Å². The molecule has 0 fully saturated rings. The first-order valence-corrected chi connectivity index (χ1v) is 8.71. The van der Waals surface area contributed by atoms with Crippen LogP contribution in [0.15, 0.2) is 54.7 Å². The molecule has 4 rings (SSSR count). The van der Waals surface area contributed by atoms with Crippen LogP contribution in [0.2, 0.25) is 5.15 Å². The van der Waals surface area contributed by atoms with Gasteiger partial charge < -0.3 is 4.74 Å². The Bertz CT molecular complexity index is 1140. The number of halogens is 1. The Kier molecular flexibility index (Phi) is 4.74. The van der Waals surface area contributed by atoms with Crippen LogP contribution in [0.3, 0.4) is 0 Å². The number of hydrogen-bond donors (Lipinski definition) is 0. The van der Waals surface area contributed by atoms with Gasteiger partial charge in [-0.2, -0.15) is 15.2 Å². The summed E-state index contributed by atoms with van der Waals surface area (Å²) < 4.78 is 6.76. The molecule has 28 heavy (non-hydrogen) atoms. The molecule has 0 atom stereocenters. The van der Waals surface area contributed by atoms with E-state index in [1.165, 1.54) is 4.80 Å². The summed E-state index contributed by atoms with van der Waals surface area (Å²) in [5.74, 6) is 1.14. The second-order valence-electron chi connectivity index (χ2n) is 5.91. The van der Waals surface area contributed by atoms with Crippen molar-refractivity contribution in [2.45, 2.75) is 6.54 Å². The molecule has 2 aromatic heterocycles. The van der Waals surface area contributed by atoms with Crippen molar-refractivity contribution in [2.24, 2.45) is 0 Å². The third kappa shape index (κ3) is 3.43. The average Bonchev–Trinajstić information content (AvgIpc) is 3.35. The standard InChI is InChI=1S/C19H14ClN7O/c1-28-16-8-6-15(7-9-16)27-18(20)17(11-22-27)19-23-25-26(24-19)12-14-4-2-13(10-21)3-5-14/h2-9,11H,12H2,1H3. The first-order chi connectivity index (χ1) is 13.7. The molecule has 9 heteroatoms. The highest BCUT2D eigenvalue weighted by Gasteiger charge is 2.16. The topological polar surface area (TPSA) is 94.4 Å². The van der Waals surface area contributed by atoms with Gasteiger partial charge in [-0.25, -0.2) is 4.68 Å². The summed E-state index contributed by atoms with van der Waals surface area (Å²) in [5, 5.41) is 26.1. The average molecular weight is 392 g/mol. The number of rotatable bonds is 5. The number of aromatic nitrogens is 6. The van der Waals surface area contributed by atoms with Gasteiger partial charge in [-0.15, -0.1) is 10.2 Å². The van der Waals surface area contributed by atoms with Gasteiger partial charge in [0.2, 0.25) is 5.82 Å². The molecule has 0 aliphatic carbocycles. The number of benzene rings is 2. The summed E-state index contributed by atoms with van der Waals surface area (Å²) in [6, 6.07) is 16.7. The molecule has 0 saturated heterocycles. The van der Waals surface area contributed by atoms with Crippen LogP contribution in [0.4, 0.5) is 0 Å². The van der Waals surface area contributed by atoms with E-state index in [2.05, 4.69) is 26.6 Å². The first kappa shape index (κ1) is 17.7. The van der Waals surface area contributed by atoms with Crippen LogP contribution in [0.5, 0.6) is 5.75 Å². The Morgan fingerprint density at radius 3 is 2.54 bits per heavy atom. The summed E-state index contributed by atoms with van der Waals surface area (Å²) in [7, 11) is 1.61. The molecule has 8 nitrogen and oxygen atoms in total. The van der Waals surface area contributed by atoms with Gasteiger partial charge in [0.15, 0.2) is 0 Å².